The van der Waals surface area contributed by atoms with E-state index in [9.17, 15) is 4.79 Å². The first-order valence-corrected chi connectivity index (χ1v) is 7.05. The molecule has 0 aliphatic rings. The van der Waals surface area contributed by atoms with Crippen LogP contribution in [0.4, 0.5) is 5.69 Å². The van der Waals surface area contributed by atoms with Crippen LogP contribution in [0.5, 0.6) is 0 Å². The van der Waals surface area contributed by atoms with Gasteiger partial charge in [0.15, 0.2) is 0 Å². The standard InChI is InChI=1S/C16H22N4O/c1-11(16(21)18-2)9-20(3)10-12-6-7-14(17)13-5-4-8-19-15(12)13/h4-8,11H,9-10,17H2,1-3H3,(H,18,21). The maximum absolute atomic E-state index is 11.6. The molecule has 0 aliphatic heterocycles. The van der Waals surface area contributed by atoms with Gasteiger partial charge in [0.1, 0.15) is 0 Å². The number of aromatic nitrogens is 1. The van der Waals surface area contributed by atoms with Crippen LogP contribution < -0.4 is 11.1 Å². The molecular formula is C16H22N4O. The Kier molecular flexibility index (Phi) is 4.75. The van der Waals surface area contributed by atoms with Crippen LogP contribution in [0, 0.1) is 5.92 Å². The number of nitrogens with two attached hydrogens (primary N) is 1. The molecule has 21 heavy (non-hydrogen) atoms. The molecular weight excluding hydrogens is 264 g/mol. The molecule has 1 atom stereocenters. The minimum absolute atomic E-state index is 0.0481. The number of nitrogens with zero attached hydrogens (tertiary/aromatic N) is 2. The van der Waals surface area contributed by atoms with Crippen LogP contribution in [-0.2, 0) is 11.3 Å². The first-order chi connectivity index (χ1) is 10.0. The average Bonchev–Trinajstić information content (AvgIpc) is 2.49. The maximum atomic E-state index is 11.6. The Labute approximate surface area is 125 Å². The Morgan fingerprint density at radius 1 is 1.43 bits per heavy atom. The second kappa shape index (κ2) is 6.54. The number of carbonyl (C=O) groups is 1. The van der Waals surface area contributed by atoms with Crippen LogP contribution in [0.15, 0.2) is 30.5 Å². The fourth-order valence-electron chi connectivity index (χ4n) is 2.53. The lowest BCUT2D eigenvalue weighted by atomic mass is 10.1. The fourth-order valence-corrected chi connectivity index (χ4v) is 2.53. The van der Waals surface area contributed by atoms with E-state index in [1.807, 2.05) is 38.2 Å². The van der Waals surface area contributed by atoms with Gasteiger partial charge in [-0.3, -0.25) is 9.78 Å². The molecule has 0 spiro atoms. The number of nitrogens with one attached hydrogen (secondary N) is 1. The van der Waals surface area contributed by atoms with Crippen molar-refractivity contribution >= 4 is 22.5 Å². The van der Waals surface area contributed by atoms with Crippen LogP contribution in [0.1, 0.15) is 12.5 Å². The van der Waals surface area contributed by atoms with Crippen molar-refractivity contribution in [3.8, 4) is 0 Å². The lowest BCUT2D eigenvalue weighted by molar-refractivity contribution is -0.124. The summed E-state index contributed by atoms with van der Waals surface area (Å²) in [5.74, 6) is 0.00939. The summed E-state index contributed by atoms with van der Waals surface area (Å²) in [6.07, 6.45) is 1.78. The van der Waals surface area contributed by atoms with Gasteiger partial charge in [0, 0.05) is 43.3 Å². The highest BCUT2D eigenvalue weighted by Gasteiger charge is 2.15. The molecule has 3 N–H and O–H groups in total. The second-order valence-electron chi connectivity index (χ2n) is 5.43. The molecule has 5 heteroatoms. The minimum Gasteiger partial charge on any atom is -0.398 e. The number of rotatable bonds is 5. The van der Waals surface area contributed by atoms with Gasteiger partial charge in [-0.05, 0) is 30.8 Å². The van der Waals surface area contributed by atoms with Crippen molar-refractivity contribution < 1.29 is 4.79 Å². The quantitative estimate of drug-likeness (QED) is 0.820. The molecule has 0 radical (unpaired) electrons. The predicted molar refractivity (Wildman–Crippen MR) is 85.7 cm³/mol. The smallest absolute Gasteiger partial charge is 0.223 e. The number of pyridine rings is 1. The zero-order chi connectivity index (χ0) is 15.4. The lowest BCUT2D eigenvalue weighted by Gasteiger charge is -2.21. The third-order valence-corrected chi connectivity index (χ3v) is 3.61. The van der Waals surface area contributed by atoms with Gasteiger partial charge in [-0.1, -0.05) is 13.0 Å². The van der Waals surface area contributed by atoms with E-state index in [0.29, 0.717) is 6.54 Å². The van der Waals surface area contributed by atoms with E-state index in [4.69, 9.17) is 5.73 Å². The Hall–Kier alpha value is -2.14. The van der Waals surface area contributed by atoms with Crippen molar-refractivity contribution in [1.29, 1.82) is 0 Å². The van der Waals surface area contributed by atoms with E-state index < -0.39 is 0 Å². The van der Waals surface area contributed by atoms with Gasteiger partial charge < -0.3 is 16.0 Å². The van der Waals surface area contributed by atoms with E-state index in [-0.39, 0.29) is 11.8 Å². The van der Waals surface area contributed by atoms with Crippen LogP contribution in [0.2, 0.25) is 0 Å². The number of nitrogen functional groups attached to an aromatic ring is 1. The van der Waals surface area contributed by atoms with E-state index >= 15 is 0 Å². The highest BCUT2D eigenvalue weighted by Crippen LogP contribution is 2.23. The number of hydrogen-bond donors (Lipinski definition) is 2. The van der Waals surface area contributed by atoms with Crippen LogP contribution >= 0.6 is 0 Å². The van der Waals surface area contributed by atoms with E-state index in [2.05, 4.69) is 15.2 Å². The normalized spacial score (nSPS) is 12.6. The largest absolute Gasteiger partial charge is 0.398 e. The molecule has 2 aromatic rings. The summed E-state index contributed by atoms with van der Waals surface area (Å²) in [5, 5.41) is 3.65. The van der Waals surface area contributed by atoms with E-state index in [1.54, 1.807) is 13.2 Å². The monoisotopic (exact) mass is 286 g/mol. The molecule has 0 aliphatic carbocycles. The third-order valence-electron chi connectivity index (χ3n) is 3.61. The molecule has 0 fully saturated rings. The lowest BCUT2D eigenvalue weighted by Crippen LogP contribution is -2.34. The summed E-state index contributed by atoms with van der Waals surface area (Å²) in [6.45, 7) is 3.35. The molecule has 1 aromatic carbocycles. The zero-order valence-corrected chi connectivity index (χ0v) is 12.8. The third kappa shape index (κ3) is 3.49. The van der Waals surface area contributed by atoms with Crippen LogP contribution in [0.3, 0.4) is 0 Å². The van der Waals surface area contributed by atoms with Crippen LogP contribution in [-0.4, -0.2) is 36.4 Å². The SMILES string of the molecule is CNC(=O)C(C)CN(C)Cc1ccc(N)c2cccnc12. The number of benzene rings is 1. The summed E-state index contributed by atoms with van der Waals surface area (Å²) >= 11 is 0. The molecule has 112 valence electrons. The molecule has 1 amide bonds. The molecule has 1 heterocycles. The zero-order valence-electron chi connectivity index (χ0n) is 12.8. The summed E-state index contributed by atoms with van der Waals surface area (Å²) in [7, 11) is 3.67. The minimum atomic E-state index is -0.0481. The molecule has 2 rings (SSSR count). The molecule has 5 nitrogen and oxygen atoms in total. The Balaban J connectivity index is 2.16. The summed E-state index contributed by atoms with van der Waals surface area (Å²) in [5.41, 5.74) is 8.77. The Morgan fingerprint density at radius 3 is 2.90 bits per heavy atom. The predicted octanol–water partition coefficient (Wildman–Crippen LogP) is 1.63. The van der Waals surface area contributed by atoms with Gasteiger partial charge in [-0.15, -0.1) is 0 Å². The van der Waals surface area contributed by atoms with Gasteiger partial charge in [0.25, 0.3) is 0 Å². The first kappa shape index (κ1) is 15.3. The number of fused-ring (bicyclic) bond motifs is 1. The Bertz CT molecular complexity index is 641. The highest BCUT2D eigenvalue weighted by molar-refractivity contribution is 5.92. The second-order valence-corrected chi connectivity index (χ2v) is 5.43. The Morgan fingerprint density at radius 2 is 2.19 bits per heavy atom. The number of anilines is 1. The number of hydrogen-bond acceptors (Lipinski definition) is 4. The van der Waals surface area contributed by atoms with Crippen molar-refractivity contribution in [3.63, 3.8) is 0 Å². The summed E-state index contributed by atoms with van der Waals surface area (Å²) in [4.78, 5) is 18.2. The maximum Gasteiger partial charge on any atom is 0.223 e. The van der Waals surface area contributed by atoms with Crippen molar-refractivity contribution in [3.05, 3.63) is 36.0 Å². The van der Waals surface area contributed by atoms with E-state index in [0.717, 1.165) is 28.7 Å². The van der Waals surface area contributed by atoms with Gasteiger partial charge in [0.2, 0.25) is 5.91 Å². The topological polar surface area (TPSA) is 71.2 Å². The fraction of sp³-hybridized carbons (Fsp3) is 0.375. The molecule has 0 saturated heterocycles. The number of carbonyl (C=O) groups excluding carboxylic acids is 1. The first-order valence-electron chi connectivity index (χ1n) is 7.05. The summed E-state index contributed by atoms with van der Waals surface area (Å²) in [6, 6.07) is 7.79. The highest BCUT2D eigenvalue weighted by atomic mass is 16.1. The van der Waals surface area contributed by atoms with E-state index in [1.165, 1.54) is 0 Å². The number of amides is 1. The molecule has 1 aromatic heterocycles. The van der Waals surface area contributed by atoms with Gasteiger partial charge >= 0.3 is 0 Å². The van der Waals surface area contributed by atoms with Crippen molar-refractivity contribution in [2.45, 2.75) is 13.5 Å². The molecule has 0 saturated carbocycles. The van der Waals surface area contributed by atoms with Gasteiger partial charge in [-0.25, -0.2) is 0 Å². The van der Waals surface area contributed by atoms with Gasteiger partial charge in [-0.2, -0.15) is 0 Å². The molecule has 0 bridgehead atoms. The van der Waals surface area contributed by atoms with Crippen molar-refractivity contribution in [2.24, 2.45) is 5.92 Å². The average molecular weight is 286 g/mol. The van der Waals surface area contributed by atoms with Crippen LogP contribution in [0.25, 0.3) is 10.9 Å². The molecule has 1 unspecified atom stereocenters. The van der Waals surface area contributed by atoms with Crippen molar-refractivity contribution in [2.75, 3.05) is 26.4 Å². The summed E-state index contributed by atoms with van der Waals surface area (Å²) < 4.78 is 0. The van der Waals surface area contributed by atoms with Gasteiger partial charge in [0.05, 0.1) is 5.52 Å². The van der Waals surface area contributed by atoms with Crippen molar-refractivity contribution in [1.82, 2.24) is 15.2 Å².